The second-order valence-corrected chi connectivity index (χ2v) is 4.38. The van der Waals surface area contributed by atoms with E-state index in [2.05, 4.69) is 33.4 Å². The summed E-state index contributed by atoms with van der Waals surface area (Å²) in [5.41, 5.74) is 2.50. The fraction of sp³-hybridized carbons (Fsp3) is 0.462. The van der Waals surface area contributed by atoms with Gasteiger partial charge in [-0.2, -0.15) is 5.10 Å². The van der Waals surface area contributed by atoms with Crippen molar-refractivity contribution in [2.24, 2.45) is 7.05 Å². The zero-order valence-electron chi connectivity index (χ0n) is 11.0. The zero-order chi connectivity index (χ0) is 12.8. The van der Waals surface area contributed by atoms with E-state index in [4.69, 9.17) is 4.74 Å². The van der Waals surface area contributed by atoms with Crippen molar-refractivity contribution < 1.29 is 4.74 Å². The Morgan fingerprint density at radius 3 is 2.94 bits per heavy atom. The highest BCUT2D eigenvalue weighted by Gasteiger charge is 2.00. The van der Waals surface area contributed by atoms with Gasteiger partial charge in [-0.1, -0.05) is 0 Å². The van der Waals surface area contributed by atoms with Crippen molar-refractivity contribution in [3.8, 4) is 0 Å². The summed E-state index contributed by atoms with van der Waals surface area (Å²) >= 11 is 0. The minimum Gasteiger partial charge on any atom is -0.383 e. The molecule has 0 atom stereocenters. The highest BCUT2D eigenvalue weighted by atomic mass is 16.5. The first-order valence-electron chi connectivity index (χ1n) is 6.10. The molecule has 1 N–H and O–H groups in total. The van der Waals surface area contributed by atoms with Crippen LogP contribution in [-0.4, -0.2) is 34.6 Å². The fourth-order valence-corrected chi connectivity index (χ4v) is 1.86. The van der Waals surface area contributed by atoms with Crippen molar-refractivity contribution in [3.63, 3.8) is 0 Å². The summed E-state index contributed by atoms with van der Waals surface area (Å²) in [6.45, 7) is 3.37. The van der Waals surface area contributed by atoms with Gasteiger partial charge in [0.05, 0.1) is 19.3 Å². The molecule has 0 fully saturated rings. The molecule has 2 rings (SSSR count). The van der Waals surface area contributed by atoms with Gasteiger partial charge >= 0.3 is 0 Å². The highest BCUT2D eigenvalue weighted by molar-refractivity contribution is 5.13. The molecule has 0 aliphatic carbocycles. The smallest absolute Gasteiger partial charge is 0.0587 e. The van der Waals surface area contributed by atoms with Gasteiger partial charge in [0, 0.05) is 51.4 Å². The normalized spacial score (nSPS) is 11.0. The first-order valence-corrected chi connectivity index (χ1v) is 6.10. The van der Waals surface area contributed by atoms with Crippen LogP contribution in [-0.2, 0) is 24.9 Å². The van der Waals surface area contributed by atoms with Crippen molar-refractivity contribution in [2.75, 3.05) is 20.3 Å². The van der Waals surface area contributed by atoms with Crippen LogP contribution in [0.1, 0.15) is 11.1 Å². The summed E-state index contributed by atoms with van der Waals surface area (Å²) in [6.07, 6.45) is 8.19. The zero-order valence-corrected chi connectivity index (χ0v) is 11.0. The molecule has 0 aliphatic heterocycles. The first kappa shape index (κ1) is 12.9. The Morgan fingerprint density at radius 2 is 2.22 bits per heavy atom. The third kappa shape index (κ3) is 3.72. The quantitative estimate of drug-likeness (QED) is 0.744. The van der Waals surface area contributed by atoms with E-state index in [1.165, 1.54) is 11.1 Å². The monoisotopic (exact) mass is 248 g/mol. The predicted molar refractivity (Wildman–Crippen MR) is 70.3 cm³/mol. The number of nitrogens with one attached hydrogen (secondary N) is 1. The second-order valence-electron chi connectivity index (χ2n) is 4.38. The molecule has 0 saturated carbocycles. The van der Waals surface area contributed by atoms with Gasteiger partial charge in [-0.15, -0.1) is 0 Å². The van der Waals surface area contributed by atoms with E-state index in [0.29, 0.717) is 0 Å². The minimum atomic E-state index is 0.746. The lowest BCUT2D eigenvalue weighted by Gasteiger charge is -2.02. The number of aryl methyl sites for hydroxylation is 1. The van der Waals surface area contributed by atoms with Crippen molar-refractivity contribution in [3.05, 3.63) is 42.0 Å². The number of nitrogens with zero attached hydrogens (tertiary/aromatic N) is 3. The number of methoxy groups -OCH3 is 1. The molecule has 0 bridgehead atoms. The summed E-state index contributed by atoms with van der Waals surface area (Å²) in [6, 6.07) is 2.14. The lowest BCUT2D eigenvalue weighted by atomic mass is 10.3. The van der Waals surface area contributed by atoms with Crippen LogP contribution in [0.5, 0.6) is 0 Å². The topological polar surface area (TPSA) is 44.0 Å². The number of hydrogen-bond acceptors (Lipinski definition) is 3. The van der Waals surface area contributed by atoms with Gasteiger partial charge in [-0.3, -0.25) is 4.68 Å². The molecule has 2 heterocycles. The van der Waals surface area contributed by atoms with Gasteiger partial charge in [-0.05, 0) is 11.6 Å². The summed E-state index contributed by atoms with van der Waals surface area (Å²) in [4.78, 5) is 0. The van der Waals surface area contributed by atoms with E-state index in [0.717, 1.165) is 26.2 Å². The Balaban J connectivity index is 1.82. The number of ether oxygens (including phenoxy) is 1. The van der Waals surface area contributed by atoms with Gasteiger partial charge in [0.1, 0.15) is 0 Å². The summed E-state index contributed by atoms with van der Waals surface area (Å²) in [5.74, 6) is 0. The van der Waals surface area contributed by atoms with Crippen LogP contribution >= 0.6 is 0 Å². The van der Waals surface area contributed by atoms with Crippen LogP contribution in [0.4, 0.5) is 0 Å². The van der Waals surface area contributed by atoms with Crippen LogP contribution in [0.3, 0.4) is 0 Å². The molecule has 5 heteroatoms. The molecular formula is C13H20N4O. The maximum Gasteiger partial charge on any atom is 0.0587 e. The lowest BCUT2D eigenvalue weighted by molar-refractivity contribution is 0.199. The van der Waals surface area contributed by atoms with Crippen LogP contribution in [0, 0.1) is 0 Å². The maximum absolute atomic E-state index is 4.99. The molecule has 0 amide bonds. The van der Waals surface area contributed by atoms with E-state index < -0.39 is 0 Å². The highest BCUT2D eigenvalue weighted by Crippen LogP contribution is 2.05. The average molecular weight is 248 g/mol. The maximum atomic E-state index is 4.99. The standard InChI is InChI=1S/C13H20N4O/c1-16-9-13(8-15-16)11-17-5-3-12(10-17)7-14-4-6-18-2/h3,5,8-10,14H,4,6-7,11H2,1-2H3. The van der Waals surface area contributed by atoms with Gasteiger partial charge in [0.25, 0.3) is 0 Å². The molecule has 2 aromatic heterocycles. The van der Waals surface area contributed by atoms with Gasteiger partial charge < -0.3 is 14.6 Å². The fourth-order valence-electron chi connectivity index (χ4n) is 1.86. The summed E-state index contributed by atoms with van der Waals surface area (Å²) in [5, 5.41) is 7.50. The van der Waals surface area contributed by atoms with Gasteiger partial charge in [0.2, 0.25) is 0 Å². The molecule has 0 spiro atoms. The largest absolute Gasteiger partial charge is 0.383 e. The number of rotatable bonds is 7. The van der Waals surface area contributed by atoms with Crippen LogP contribution < -0.4 is 5.32 Å². The Morgan fingerprint density at radius 1 is 1.33 bits per heavy atom. The third-order valence-corrected chi connectivity index (χ3v) is 2.75. The Kier molecular flexibility index (Phi) is 4.55. The van der Waals surface area contributed by atoms with Crippen LogP contribution in [0.2, 0.25) is 0 Å². The van der Waals surface area contributed by atoms with Crippen molar-refractivity contribution in [1.82, 2.24) is 19.7 Å². The van der Waals surface area contributed by atoms with Crippen LogP contribution in [0.15, 0.2) is 30.9 Å². The summed E-state index contributed by atoms with van der Waals surface area (Å²) < 4.78 is 8.99. The van der Waals surface area contributed by atoms with Crippen molar-refractivity contribution in [1.29, 1.82) is 0 Å². The molecule has 0 radical (unpaired) electrons. The molecule has 5 nitrogen and oxygen atoms in total. The Hall–Kier alpha value is -1.59. The second kappa shape index (κ2) is 6.37. The Labute approximate surface area is 107 Å². The summed E-state index contributed by atoms with van der Waals surface area (Å²) in [7, 11) is 3.65. The third-order valence-electron chi connectivity index (χ3n) is 2.75. The van der Waals surface area contributed by atoms with Crippen molar-refractivity contribution in [2.45, 2.75) is 13.1 Å². The molecule has 18 heavy (non-hydrogen) atoms. The van der Waals surface area contributed by atoms with E-state index in [1.807, 2.05) is 24.1 Å². The number of hydrogen-bond donors (Lipinski definition) is 1. The molecule has 0 unspecified atom stereocenters. The number of aromatic nitrogens is 3. The van der Waals surface area contributed by atoms with E-state index in [-0.39, 0.29) is 0 Å². The van der Waals surface area contributed by atoms with E-state index in [1.54, 1.807) is 7.11 Å². The first-order chi connectivity index (χ1) is 8.78. The molecule has 0 aliphatic rings. The van der Waals surface area contributed by atoms with Crippen molar-refractivity contribution >= 4 is 0 Å². The minimum absolute atomic E-state index is 0.746. The average Bonchev–Trinajstić information content (AvgIpc) is 2.95. The predicted octanol–water partition coefficient (Wildman–Crippen LogP) is 1.01. The molecule has 2 aromatic rings. The Bertz CT molecular complexity index is 475. The van der Waals surface area contributed by atoms with E-state index >= 15 is 0 Å². The lowest BCUT2D eigenvalue weighted by Crippen LogP contribution is -2.18. The molecule has 0 aromatic carbocycles. The molecule has 0 saturated heterocycles. The molecular weight excluding hydrogens is 228 g/mol. The van der Waals surface area contributed by atoms with Crippen LogP contribution in [0.25, 0.3) is 0 Å². The SMILES string of the molecule is COCCNCc1ccn(Cc2cnn(C)c2)c1. The van der Waals surface area contributed by atoms with E-state index in [9.17, 15) is 0 Å². The molecule has 98 valence electrons. The van der Waals surface area contributed by atoms with Gasteiger partial charge in [-0.25, -0.2) is 0 Å². The van der Waals surface area contributed by atoms with Gasteiger partial charge in [0.15, 0.2) is 0 Å².